The van der Waals surface area contributed by atoms with Crippen LogP contribution in [-0.2, 0) is 0 Å². The number of halogens is 1. The highest BCUT2D eigenvalue weighted by Gasteiger charge is 2.04. The summed E-state index contributed by atoms with van der Waals surface area (Å²) in [5.41, 5.74) is 0. The van der Waals surface area contributed by atoms with Crippen molar-refractivity contribution in [1.29, 1.82) is 0 Å². The Hall–Kier alpha value is -1.36. The van der Waals surface area contributed by atoms with Crippen LogP contribution in [0.2, 0.25) is 0 Å². The summed E-state index contributed by atoms with van der Waals surface area (Å²) in [6.45, 7) is 4.13. The second-order valence-electron chi connectivity index (χ2n) is 3.65. The molecule has 2 aromatic heterocycles. The molecule has 0 saturated heterocycles. The van der Waals surface area contributed by atoms with Crippen LogP contribution in [0.3, 0.4) is 0 Å². The van der Waals surface area contributed by atoms with Crippen LogP contribution in [0.25, 0.3) is 0 Å². The molecular weight excluding hydrogens is 270 g/mol. The lowest BCUT2D eigenvalue weighted by Crippen LogP contribution is -1.99. The van der Waals surface area contributed by atoms with Crippen molar-refractivity contribution in [2.75, 3.05) is 0 Å². The minimum absolute atomic E-state index is 0.327. The average molecular weight is 282 g/mol. The molecular formula is C11H12BrN3O. The van der Waals surface area contributed by atoms with E-state index in [1.807, 2.05) is 23.0 Å². The molecule has 0 amide bonds. The van der Waals surface area contributed by atoms with E-state index in [1.54, 1.807) is 12.3 Å². The van der Waals surface area contributed by atoms with Gasteiger partial charge in [0.15, 0.2) is 5.75 Å². The zero-order valence-corrected chi connectivity index (χ0v) is 10.7. The fraction of sp³-hybridized carbons (Fsp3) is 0.273. The van der Waals surface area contributed by atoms with Crippen molar-refractivity contribution in [2.45, 2.75) is 19.9 Å². The summed E-state index contributed by atoms with van der Waals surface area (Å²) in [5, 5.41) is 4.19. The predicted octanol–water partition coefficient (Wildman–Crippen LogP) is 3.41. The van der Waals surface area contributed by atoms with E-state index >= 15 is 0 Å². The maximum atomic E-state index is 5.57. The van der Waals surface area contributed by atoms with Crippen molar-refractivity contribution < 1.29 is 4.74 Å². The first kappa shape index (κ1) is 11.1. The molecule has 2 aromatic rings. The zero-order chi connectivity index (χ0) is 11.5. The Labute approximate surface area is 102 Å². The maximum Gasteiger partial charge on any atom is 0.220 e. The minimum atomic E-state index is 0.327. The minimum Gasteiger partial charge on any atom is -0.436 e. The third-order valence-corrected chi connectivity index (χ3v) is 2.46. The number of hydrogen-bond donors (Lipinski definition) is 0. The molecule has 0 N–H and O–H groups in total. The monoisotopic (exact) mass is 281 g/mol. The predicted molar refractivity (Wildman–Crippen MR) is 64.6 cm³/mol. The van der Waals surface area contributed by atoms with Crippen molar-refractivity contribution in [2.24, 2.45) is 0 Å². The second kappa shape index (κ2) is 4.65. The molecule has 0 saturated carbocycles. The molecule has 16 heavy (non-hydrogen) atoms. The molecule has 0 bridgehead atoms. The first-order valence-electron chi connectivity index (χ1n) is 5.00. The van der Waals surface area contributed by atoms with Gasteiger partial charge in [-0.2, -0.15) is 5.10 Å². The SMILES string of the molecule is CC(C)n1cc(Oc2cccc(Br)n2)cn1. The summed E-state index contributed by atoms with van der Waals surface area (Å²) in [7, 11) is 0. The topological polar surface area (TPSA) is 39.9 Å². The van der Waals surface area contributed by atoms with Gasteiger partial charge < -0.3 is 4.74 Å². The summed E-state index contributed by atoms with van der Waals surface area (Å²) in [5.74, 6) is 1.25. The Morgan fingerprint density at radius 3 is 2.81 bits per heavy atom. The normalized spacial score (nSPS) is 10.8. The van der Waals surface area contributed by atoms with E-state index in [2.05, 4.69) is 39.9 Å². The molecule has 0 radical (unpaired) electrons. The number of hydrogen-bond acceptors (Lipinski definition) is 3. The fourth-order valence-electron chi connectivity index (χ4n) is 1.22. The van der Waals surface area contributed by atoms with Gasteiger partial charge in [-0.25, -0.2) is 4.98 Å². The molecule has 0 unspecified atom stereocenters. The van der Waals surface area contributed by atoms with Crippen molar-refractivity contribution in [3.63, 3.8) is 0 Å². The van der Waals surface area contributed by atoms with Gasteiger partial charge >= 0.3 is 0 Å². The summed E-state index contributed by atoms with van der Waals surface area (Å²) in [6.07, 6.45) is 3.54. The Kier molecular flexibility index (Phi) is 3.24. The summed E-state index contributed by atoms with van der Waals surface area (Å²) >= 11 is 3.29. The van der Waals surface area contributed by atoms with Crippen LogP contribution in [0.15, 0.2) is 35.2 Å². The number of pyridine rings is 1. The largest absolute Gasteiger partial charge is 0.436 e. The molecule has 0 atom stereocenters. The summed E-state index contributed by atoms with van der Waals surface area (Å²) < 4.78 is 8.16. The van der Waals surface area contributed by atoms with Crippen LogP contribution < -0.4 is 4.74 Å². The van der Waals surface area contributed by atoms with Crippen molar-refractivity contribution in [1.82, 2.24) is 14.8 Å². The number of rotatable bonds is 3. The van der Waals surface area contributed by atoms with Gasteiger partial charge in [0.05, 0.1) is 12.4 Å². The van der Waals surface area contributed by atoms with E-state index in [1.165, 1.54) is 0 Å². The molecule has 0 fully saturated rings. The molecule has 0 spiro atoms. The highest BCUT2D eigenvalue weighted by atomic mass is 79.9. The van der Waals surface area contributed by atoms with Gasteiger partial charge in [-0.1, -0.05) is 6.07 Å². The van der Waals surface area contributed by atoms with Crippen LogP contribution in [0.4, 0.5) is 0 Å². The molecule has 4 nitrogen and oxygen atoms in total. The van der Waals surface area contributed by atoms with E-state index in [0.29, 0.717) is 17.7 Å². The Balaban J connectivity index is 2.14. The lowest BCUT2D eigenvalue weighted by atomic mass is 10.4. The quantitative estimate of drug-likeness (QED) is 0.810. The van der Waals surface area contributed by atoms with Crippen molar-refractivity contribution >= 4 is 15.9 Å². The standard InChI is InChI=1S/C11H12BrN3O/c1-8(2)15-7-9(6-13-15)16-11-5-3-4-10(12)14-11/h3-8H,1-2H3. The first-order valence-corrected chi connectivity index (χ1v) is 5.79. The smallest absolute Gasteiger partial charge is 0.220 e. The summed E-state index contributed by atoms with van der Waals surface area (Å²) in [6, 6.07) is 5.86. The van der Waals surface area contributed by atoms with Crippen LogP contribution in [0.1, 0.15) is 19.9 Å². The van der Waals surface area contributed by atoms with Crippen LogP contribution in [0, 0.1) is 0 Å². The second-order valence-corrected chi connectivity index (χ2v) is 4.46. The van der Waals surface area contributed by atoms with Crippen LogP contribution >= 0.6 is 15.9 Å². The first-order chi connectivity index (χ1) is 7.65. The number of ether oxygens (including phenoxy) is 1. The van der Waals surface area contributed by atoms with Gasteiger partial charge in [-0.05, 0) is 35.8 Å². The molecule has 0 aliphatic rings. The van der Waals surface area contributed by atoms with Crippen molar-refractivity contribution in [3.8, 4) is 11.6 Å². The molecule has 2 heterocycles. The van der Waals surface area contributed by atoms with Gasteiger partial charge in [-0.15, -0.1) is 0 Å². The number of aromatic nitrogens is 3. The molecule has 2 rings (SSSR count). The van der Waals surface area contributed by atoms with E-state index in [4.69, 9.17) is 4.74 Å². The van der Waals surface area contributed by atoms with E-state index in [9.17, 15) is 0 Å². The van der Waals surface area contributed by atoms with Gasteiger partial charge in [0.1, 0.15) is 4.60 Å². The maximum absolute atomic E-state index is 5.57. The van der Waals surface area contributed by atoms with Gasteiger partial charge in [-0.3, -0.25) is 4.68 Å². The molecule has 0 aliphatic carbocycles. The number of nitrogens with zero attached hydrogens (tertiary/aromatic N) is 3. The highest BCUT2D eigenvalue weighted by molar-refractivity contribution is 9.10. The Bertz CT molecular complexity index is 482. The lowest BCUT2D eigenvalue weighted by molar-refractivity contribution is 0.458. The highest BCUT2D eigenvalue weighted by Crippen LogP contribution is 2.21. The third kappa shape index (κ3) is 2.61. The fourth-order valence-corrected chi connectivity index (χ4v) is 1.55. The van der Waals surface area contributed by atoms with Crippen molar-refractivity contribution in [3.05, 3.63) is 35.2 Å². The van der Waals surface area contributed by atoms with Gasteiger partial charge in [0, 0.05) is 12.1 Å². The molecule has 84 valence electrons. The average Bonchev–Trinajstić information content (AvgIpc) is 2.66. The third-order valence-electron chi connectivity index (χ3n) is 2.02. The zero-order valence-electron chi connectivity index (χ0n) is 9.09. The van der Waals surface area contributed by atoms with E-state index in [-0.39, 0.29) is 0 Å². The van der Waals surface area contributed by atoms with E-state index in [0.717, 1.165) is 4.60 Å². The molecule has 5 heteroatoms. The lowest BCUT2D eigenvalue weighted by Gasteiger charge is -2.03. The Morgan fingerprint density at radius 1 is 1.38 bits per heavy atom. The van der Waals surface area contributed by atoms with Gasteiger partial charge in [0.25, 0.3) is 0 Å². The molecule has 0 aliphatic heterocycles. The Morgan fingerprint density at radius 2 is 2.19 bits per heavy atom. The molecule has 0 aromatic carbocycles. The van der Waals surface area contributed by atoms with Crippen LogP contribution in [0.5, 0.6) is 11.6 Å². The van der Waals surface area contributed by atoms with Crippen LogP contribution in [-0.4, -0.2) is 14.8 Å². The van der Waals surface area contributed by atoms with E-state index < -0.39 is 0 Å². The summed E-state index contributed by atoms with van der Waals surface area (Å²) in [4.78, 5) is 4.18. The van der Waals surface area contributed by atoms with Gasteiger partial charge in [0.2, 0.25) is 5.88 Å².